The molecule has 3 nitrogen and oxygen atoms in total. The van der Waals surface area contributed by atoms with Gasteiger partial charge in [0.25, 0.3) is 5.91 Å². The van der Waals surface area contributed by atoms with E-state index < -0.39 is 0 Å². The fourth-order valence-electron chi connectivity index (χ4n) is 2.45. The number of carbonyl (C=O) groups is 1. The predicted molar refractivity (Wildman–Crippen MR) is 85.8 cm³/mol. The van der Waals surface area contributed by atoms with Gasteiger partial charge < -0.3 is 10.6 Å². The summed E-state index contributed by atoms with van der Waals surface area (Å²) in [5.74, 6) is 0.0574. The van der Waals surface area contributed by atoms with Crippen LogP contribution in [0.4, 0.5) is 10.1 Å². The molecule has 0 aliphatic carbocycles. The number of halogens is 1. The molecule has 0 spiro atoms. The predicted octanol–water partition coefficient (Wildman–Crippen LogP) is 2.72. The first-order valence-corrected chi connectivity index (χ1v) is 7.50. The molecule has 0 aliphatic rings. The van der Waals surface area contributed by atoms with E-state index in [1.54, 1.807) is 12.1 Å². The average Bonchev–Trinajstić information content (AvgIpc) is 2.50. The lowest BCUT2D eigenvalue weighted by atomic mass is 9.96. The molecule has 0 saturated carbocycles. The van der Waals surface area contributed by atoms with Crippen molar-refractivity contribution in [1.82, 2.24) is 0 Å². The number of quaternary nitrogens is 1. The molecule has 2 aromatic carbocycles. The Balaban J connectivity index is 1.94. The fraction of sp³-hybridized carbons (Fsp3) is 0.278. The van der Waals surface area contributed by atoms with Crippen LogP contribution in [0.5, 0.6) is 0 Å². The average molecular weight is 301 g/mol. The number of rotatable bonds is 6. The van der Waals surface area contributed by atoms with E-state index in [2.05, 4.69) is 19.2 Å². The van der Waals surface area contributed by atoms with Crippen LogP contribution in [0.2, 0.25) is 0 Å². The van der Waals surface area contributed by atoms with Crippen LogP contribution < -0.4 is 10.6 Å². The molecule has 0 aromatic heterocycles. The minimum atomic E-state index is -0.243. The lowest BCUT2D eigenvalue weighted by Crippen LogP contribution is -2.88. The van der Waals surface area contributed by atoms with Crippen molar-refractivity contribution in [2.75, 3.05) is 11.9 Å². The first-order chi connectivity index (χ1) is 10.6. The molecule has 3 N–H and O–H groups in total. The molecule has 1 amide bonds. The summed E-state index contributed by atoms with van der Waals surface area (Å²) in [6, 6.07) is 16.0. The summed E-state index contributed by atoms with van der Waals surface area (Å²) in [6.45, 7) is 4.52. The van der Waals surface area contributed by atoms with Crippen LogP contribution >= 0.6 is 0 Å². The molecule has 0 radical (unpaired) electrons. The molecular weight excluding hydrogens is 279 g/mol. The smallest absolute Gasteiger partial charge is 0.279 e. The standard InChI is InChI=1S/C18H21FN2O/c1-13(2)18(14-8-10-15(19)11-9-14)20-12-17(22)21-16-6-4-3-5-7-16/h3-11,13,18,20H,12H2,1-2H3,(H,21,22)/p+1/t18-/m1/s1. The van der Waals surface area contributed by atoms with E-state index in [0.29, 0.717) is 12.5 Å². The maximum absolute atomic E-state index is 13.0. The zero-order valence-corrected chi connectivity index (χ0v) is 12.9. The molecule has 1 atom stereocenters. The van der Waals surface area contributed by atoms with E-state index >= 15 is 0 Å². The Hall–Kier alpha value is -2.20. The highest BCUT2D eigenvalue weighted by Gasteiger charge is 2.20. The lowest BCUT2D eigenvalue weighted by molar-refractivity contribution is -0.692. The Morgan fingerprint density at radius 2 is 1.73 bits per heavy atom. The third-order valence-electron chi connectivity index (χ3n) is 3.59. The quantitative estimate of drug-likeness (QED) is 0.846. The minimum absolute atomic E-state index is 0.0426. The number of carbonyl (C=O) groups excluding carboxylic acids is 1. The SMILES string of the molecule is CC(C)[C@@H]([NH2+]CC(=O)Nc1ccccc1)c1ccc(F)cc1. The van der Waals surface area contributed by atoms with Crippen LogP contribution in [0.15, 0.2) is 54.6 Å². The second kappa shape index (κ2) is 7.71. The molecule has 0 fully saturated rings. The Morgan fingerprint density at radius 1 is 1.09 bits per heavy atom. The zero-order valence-electron chi connectivity index (χ0n) is 12.9. The van der Waals surface area contributed by atoms with E-state index in [1.807, 2.05) is 35.6 Å². The number of hydrogen-bond acceptors (Lipinski definition) is 1. The third-order valence-corrected chi connectivity index (χ3v) is 3.59. The summed E-state index contributed by atoms with van der Waals surface area (Å²) < 4.78 is 13.0. The Labute approximate surface area is 130 Å². The van der Waals surface area contributed by atoms with Crippen LogP contribution in [0.1, 0.15) is 25.5 Å². The molecule has 4 heteroatoms. The minimum Gasteiger partial charge on any atom is -0.332 e. The number of nitrogens with two attached hydrogens (primary N) is 1. The molecule has 22 heavy (non-hydrogen) atoms. The van der Waals surface area contributed by atoms with Crippen LogP contribution in [0, 0.1) is 11.7 Å². The largest absolute Gasteiger partial charge is 0.332 e. The van der Waals surface area contributed by atoms with E-state index in [-0.39, 0.29) is 17.8 Å². The Kier molecular flexibility index (Phi) is 5.67. The summed E-state index contributed by atoms with van der Waals surface area (Å²) in [7, 11) is 0. The van der Waals surface area contributed by atoms with E-state index in [1.165, 1.54) is 12.1 Å². The summed E-state index contributed by atoms with van der Waals surface area (Å²) in [4.78, 5) is 12.0. The van der Waals surface area contributed by atoms with Crippen LogP contribution in [-0.4, -0.2) is 12.5 Å². The van der Waals surface area contributed by atoms with Crippen molar-refractivity contribution in [3.05, 3.63) is 66.0 Å². The maximum Gasteiger partial charge on any atom is 0.279 e. The molecule has 116 valence electrons. The van der Waals surface area contributed by atoms with Gasteiger partial charge in [0, 0.05) is 17.2 Å². The van der Waals surface area contributed by atoms with Crippen molar-refractivity contribution in [3.8, 4) is 0 Å². The second-order valence-electron chi connectivity index (χ2n) is 5.68. The van der Waals surface area contributed by atoms with Crippen molar-refractivity contribution in [3.63, 3.8) is 0 Å². The highest BCUT2D eigenvalue weighted by Crippen LogP contribution is 2.17. The Bertz CT molecular complexity index is 596. The molecule has 2 rings (SSSR count). The third kappa shape index (κ3) is 4.67. The van der Waals surface area contributed by atoms with Gasteiger partial charge >= 0.3 is 0 Å². The number of para-hydroxylation sites is 1. The first-order valence-electron chi connectivity index (χ1n) is 7.50. The molecule has 0 heterocycles. The van der Waals surface area contributed by atoms with Crippen molar-refractivity contribution in [2.45, 2.75) is 19.9 Å². The zero-order chi connectivity index (χ0) is 15.9. The first kappa shape index (κ1) is 16.2. The maximum atomic E-state index is 13.0. The normalized spacial score (nSPS) is 12.2. The van der Waals surface area contributed by atoms with Gasteiger partial charge in [-0.2, -0.15) is 0 Å². The van der Waals surface area contributed by atoms with Gasteiger partial charge in [-0.05, 0) is 24.3 Å². The van der Waals surface area contributed by atoms with Gasteiger partial charge in [0.1, 0.15) is 11.9 Å². The van der Waals surface area contributed by atoms with E-state index in [0.717, 1.165) is 11.3 Å². The van der Waals surface area contributed by atoms with E-state index in [4.69, 9.17) is 0 Å². The molecule has 0 bridgehead atoms. The summed E-state index contributed by atoms with van der Waals surface area (Å²) in [5, 5.41) is 4.86. The van der Waals surface area contributed by atoms with Crippen LogP contribution in [0.25, 0.3) is 0 Å². The van der Waals surface area contributed by atoms with Gasteiger partial charge in [0.15, 0.2) is 6.54 Å². The number of nitrogens with one attached hydrogen (secondary N) is 1. The Morgan fingerprint density at radius 3 is 2.32 bits per heavy atom. The van der Waals surface area contributed by atoms with Gasteiger partial charge in [0.05, 0.1) is 0 Å². The number of hydrogen-bond donors (Lipinski definition) is 2. The summed E-state index contributed by atoms with van der Waals surface area (Å²) in [6.07, 6.45) is 0. The molecule has 0 unspecified atom stereocenters. The van der Waals surface area contributed by atoms with Crippen molar-refractivity contribution in [1.29, 1.82) is 0 Å². The number of amides is 1. The number of anilines is 1. The van der Waals surface area contributed by atoms with Crippen LogP contribution in [0.3, 0.4) is 0 Å². The highest BCUT2D eigenvalue weighted by molar-refractivity contribution is 5.91. The molecule has 0 aliphatic heterocycles. The second-order valence-corrected chi connectivity index (χ2v) is 5.68. The summed E-state index contributed by atoms with van der Waals surface area (Å²) >= 11 is 0. The van der Waals surface area contributed by atoms with Crippen molar-refractivity contribution >= 4 is 11.6 Å². The van der Waals surface area contributed by atoms with Crippen LogP contribution in [-0.2, 0) is 4.79 Å². The lowest BCUT2D eigenvalue weighted by Gasteiger charge is -2.19. The van der Waals surface area contributed by atoms with Gasteiger partial charge in [-0.1, -0.05) is 44.2 Å². The molecule has 2 aromatic rings. The van der Waals surface area contributed by atoms with E-state index in [9.17, 15) is 9.18 Å². The fourth-order valence-corrected chi connectivity index (χ4v) is 2.45. The number of benzene rings is 2. The monoisotopic (exact) mass is 301 g/mol. The van der Waals surface area contributed by atoms with Crippen molar-refractivity contribution in [2.24, 2.45) is 5.92 Å². The topological polar surface area (TPSA) is 45.7 Å². The summed E-state index contributed by atoms with van der Waals surface area (Å²) in [5.41, 5.74) is 1.83. The molecular formula is C18H22FN2O+. The van der Waals surface area contributed by atoms with Gasteiger partial charge in [-0.3, -0.25) is 4.79 Å². The van der Waals surface area contributed by atoms with Gasteiger partial charge in [0.2, 0.25) is 0 Å². The van der Waals surface area contributed by atoms with Crippen molar-refractivity contribution < 1.29 is 14.5 Å². The molecule has 0 saturated heterocycles. The van der Waals surface area contributed by atoms with Gasteiger partial charge in [-0.15, -0.1) is 0 Å². The van der Waals surface area contributed by atoms with Gasteiger partial charge in [-0.25, -0.2) is 4.39 Å². The highest BCUT2D eigenvalue weighted by atomic mass is 19.1.